The van der Waals surface area contributed by atoms with Crippen LogP contribution in [0.1, 0.15) is 18.7 Å². The fourth-order valence-corrected chi connectivity index (χ4v) is 1.53. The van der Waals surface area contributed by atoms with Crippen LogP contribution in [0.2, 0.25) is 0 Å². The lowest BCUT2D eigenvalue weighted by molar-refractivity contribution is -0.384. The minimum absolute atomic E-state index is 0.0428. The molecule has 0 amide bonds. The fourth-order valence-electron chi connectivity index (χ4n) is 1.53. The Hall–Kier alpha value is -2.14. The summed E-state index contributed by atoms with van der Waals surface area (Å²) in [6, 6.07) is 9.65. The molecule has 0 fully saturated rings. The topological polar surface area (TPSA) is 82.3 Å². The summed E-state index contributed by atoms with van der Waals surface area (Å²) in [5, 5.41) is 10.7. The third kappa shape index (κ3) is 2.34. The normalized spacial score (nSPS) is 12.4. The Morgan fingerprint density at radius 3 is 2.71 bits per heavy atom. The van der Waals surface area contributed by atoms with E-state index >= 15 is 0 Å². The lowest BCUT2D eigenvalue weighted by atomic mass is 10.1. The van der Waals surface area contributed by atoms with Crippen LogP contribution in [0.4, 0.5) is 5.69 Å². The molecule has 2 rings (SSSR count). The van der Waals surface area contributed by atoms with E-state index in [1.165, 1.54) is 12.1 Å². The van der Waals surface area contributed by atoms with E-state index in [9.17, 15) is 10.1 Å². The molecule has 1 aromatic carbocycles. The van der Waals surface area contributed by atoms with Crippen LogP contribution in [0.3, 0.4) is 0 Å². The van der Waals surface area contributed by atoms with E-state index in [2.05, 4.69) is 0 Å². The van der Waals surface area contributed by atoms with Crippen LogP contribution in [0.5, 0.6) is 0 Å². The lowest BCUT2D eigenvalue weighted by Gasteiger charge is -2.00. The first-order valence-electron chi connectivity index (χ1n) is 5.18. The second-order valence-corrected chi connectivity index (χ2v) is 3.80. The molecule has 17 heavy (non-hydrogen) atoms. The number of hydrogen-bond acceptors (Lipinski definition) is 4. The summed E-state index contributed by atoms with van der Waals surface area (Å²) in [5.41, 5.74) is 6.40. The van der Waals surface area contributed by atoms with Crippen molar-refractivity contribution in [1.29, 1.82) is 0 Å². The monoisotopic (exact) mass is 232 g/mol. The maximum atomic E-state index is 10.7. The molecule has 0 radical (unpaired) electrons. The molecule has 5 heteroatoms. The molecule has 0 saturated heterocycles. The Labute approximate surface area is 98.0 Å². The van der Waals surface area contributed by atoms with Gasteiger partial charge in [0.1, 0.15) is 11.5 Å². The van der Waals surface area contributed by atoms with Gasteiger partial charge in [-0.15, -0.1) is 0 Å². The maximum absolute atomic E-state index is 10.7. The van der Waals surface area contributed by atoms with Gasteiger partial charge in [-0.05, 0) is 19.1 Å². The molecule has 1 aromatic heterocycles. The number of benzene rings is 1. The number of nitro benzene ring substituents is 1. The molecule has 0 aliphatic rings. The van der Waals surface area contributed by atoms with Gasteiger partial charge in [0.05, 0.1) is 11.0 Å². The summed E-state index contributed by atoms with van der Waals surface area (Å²) < 4.78 is 5.52. The van der Waals surface area contributed by atoms with Crippen molar-refractivity contribution in [3.05, 3.63) is 52.3 Å². The van der Waals surface area contributed by atoms with Gasteiger partial charge in [-0.25, -0.2) is 0 Å². The molecule has 0 spiro atoms. The number of nitrogens with zero attached hydrogens (tertiary/aromatic N) is 1. The molecule has 0 aliphatic carbocycles. The largest absolute Gasteiger partial charge is 0.459 e. The maximum Gasteiger partial charge on any atom is 0.270 e. The van der Waals surface area contributed by atoms with Crippen LogP contribution in [0.25, 0.3) is 11.3 Å². The Balaban J connectivity index is 2.38. The molecular weight excluding hydrogens is 220 g/mol. The fraction of sp³-hybridized carbons (Fsp3) is 0.167. The quantitative estimate of drug-likeness (QED) is 0.651. The number of nitro groups is 1. The van der Waals surface area contributed by atoms with Gasteiger partial charge in [0.2, 0.25) is 0 Å². The van der Waals surface area contributed by atoms with Crippen molar-refractivity contribution in [1.82, 2.24) is 0 Å². The highest BCUT2D eigenvalue weighted by Gasteiger charge is 2.11. The van der Waals surface area contributed by atoms with Crippen molar-refractivity contribution in [2.45, 2.75) is 13.0 Å². The van der Waals surface area contributed by atoms with E-state index in [-0.39, 0.29) is 11.7 Å². The summed E-state index contributed by atoms with van der Waals surface area (Å²) in [6.45, 7) is 1.82. The average Bonchev–Trinajstić information content (AvgIpc) is 2.78. The van der Waals surface area contributed by atoms with Gasteiger partial charge in [0.25, 0.3) is 5.69 Å². The van der Waals surface area contributed by atoms with Crippen molar-refractivity contribution >= 4 is 5.69 Å². The Kier molecular flexibility index (Phi) is 2.93. The predicted octanol–water partition coefficient (Wildman–Crippen LogP) is 2.87. The third-order valence-corrected chi connectivity index (χ3v) is 2.42. The van der Waals surface area contributed by atoms with E-state index in [1.54, 1.807) is 24.3 Å². The zero-order valence-electron chi connectivity index (χ0n) is 9.29. The smallest absolute Gasteiger partial charge is 0.270 e. The van der Waals surface area contributed by atoms with Gasteiger partial charge in [0.15, 0.2) is 0 Å². The van der Waals surface area contributed by atoms with Crippen LogP contribution in [0.15, 0.2) is 40.8 Å². The van der Waals surface area contributed by atoms with E-state index in [0.29, 0.717) is 17.1 Å². The molecule has 2 N–H and O–H groups in total. The average molecular weight is 232 g/mol. The molecule has 0 saturated carbocycles. The zero-order chi connectivity index (χ0) is 12.4. The first kappa shape index (κ1) is 11.3. The predicted molar refractivity (Wildman–Crippen MR) is 63.4 cm³/mol. The second-order valence-electron chi connectivity index (χ2n) is 3.80. The van der Waals surface area contributed by atoms with Crippen LogP contribution >= 0.6 is 0 Å². The van der Waals surface area contributed by atoms with E-state index in [0.717, 1.165) is 0 Å². The molecule has 0 bridgehead atoms. The highest BCUT2D eigenvalue weighted by Crippen LogP contribution is 2.27. The molecule has 1 heterocycles. The highest BCUT2D eigenvalue weighted by molar-refractivity contribution is 5.61. The van der Waals surface area contributed by atoms with Gasteiger partial charge < -0.3 is 10.2 Å². The minimum atomic E-state index is -0.432. The SMILES string of the molecule is CC(N)c1ccc(-c2cccc([N+](=O)[O-])c2)o1. The lowest BCUT2D eigenvalue weighted by Crippen LogP contribution is -2.02. The second kappa shape index (κ2) is 4.39. The minimum Gasteiger partial charge on any atom is -0.459 e. The summed E-state index contributed by atoms with van der Waals surface area (Å²) in [6.07, 6.45) is 0. The van der Waals surface area contributed by atoms with Gasteiger partial charge in [-0.1, -0.05) is 12.1 Å². The summed E-state index contributed by atoms with van der Waals surface area (Å²) in [7, 11) is 0. The van der Waals surface area contributed by atoms with Gasteiger partial charge in [-0.3, -0.25) is 10.1 Å². The molecule has 2 aromatic rings. The van der Waals surface area contributed by atoms with Crippen LogP contribution < -0.4 is 5.73 Å². The van der Waals surface area contributed by atoms with Crippen LogP contribution in [-0.4, -0.2) is 4.92 Å². The van der Waals surface area contributed by atoms with E-state index in [1.807, 2.05) is 6.92 Å². The third-order valence-electron chi connectivity index (χ3n) is 2.42. The summed E-state index contributed by atoms with van der Waals surface area (Å²) in [5.74, 6) is 1.24. The first-order valence-corrected chi connectivity index (χ1v) is 5.18. The van der Waals surface area contributed by atoms with Crippen LogP contribution in [-0.2, 0) is 0 Å². The van der Waals surface area contributed by atoms with Gasteiger partial charge in [-0.2, -0.15) is 0 Å². The Morgan fingerprint density at radius 2 is 2.12 bits per heavy atom. The van der Waals surface area contributed by atoms with Crippen molar-refractivity contribution in [2.24, 2.45) is 5.73 Å². The number of furan rings is 1. The number of nitrogens with two attached hydrogens (primary N) is 1. The zero-order valence-corrected chi connectivity index (χ0v) is 9.29. The van der Waals surface area contributed by atoms with E-state index < -0.39 is 4.92 Å². The van der Waals surface area contributed by atoms with Gasteiger partial charge >= 0.3 is 0 Å². The van der Waals surface area contributed by atoms with Crippen molar-refractivity contribution < 1.29 is 9.34 Å². The molecule has 1 atom stereocenters. The standard InChI is InChI=1S/C12H12N2O3/c1-8(13)11-5-6-12(17-11)9-3-2-4-10(7-9)14(15)16/h2-8H,13H2,1H3. The first-order chi connectivity index (χ1) is 8.08. The van der Waals surface area contributed by atoms with Crippen molar-refractivity contribution in [3.63, 3.8) is 0 Å². The van der Waals surface area contributed by atoms with E-state index in [4.69, 9.17) is 10.2 Å². The molecule has 1 unspecified atom stereocenters. The molecule has 0 aliphatic heterocycles. The van der Waals surface area contributed by atoms with Crippen molar-refractivity contribution in [3.8, 4) is 11.3 Å². The van der Waals surface area contributed by atoms with Crippen LogP contribution in [0, 0.1) is 10.1 Å². The Bertz CT molecular complexity index is 546. The Morgan fingerprint density at radius 1 is 1.35 bits per heavy atom. The highest BCUT2D eigenvalue weighted by atomic mass is 16.6. The summed E-state index contributed by atoms with van der Waals surface area (Å²) >= 11 is 0. The molecule has 88 valence electrons. The number of hydrogen-bond donors (Lipinski definition) is 1. The van der Waals surface area contributed by atoms with Crippen molar-refractivity contribution in [2.75, 3.05) is 0 Å². The summed E-state index contributed by atoms with van der Waals surface area (Å²) in [4.78, 5) is 10.2. The number of rotatable bonds is 3. The number of non-ortho nitro benzene ring substituents is 1. The molecule has 5 nitrogen and oxygen atoms in total. The van der Waals surface area contributed by atoms with Gasteiger partial charge in [0, 0.05) is 17.7 Å². The molecular formula is C12H12N2O3.